The van der Waals surface area contributed by atoms with Crippen LogP contribution in [-0.2, 0) is 13.9 Å². The highest BCUT2D eigenvalue weighted by molar-refractivity contribution is 7.46. The summed E-state index contributed by atoms with van der Waals surface area (Å²) in [5, 5.41) is 35.4. The zero-order chi connectivity index (χ0) is 12.9. The van der Waals surface area contributed by atoms with E-state index < -0.39 is 45.1 Å². The first kappa shape index (κ1) is 15.6. The van der Waals surface area contributed by atoms with Crippen molar-refractivity contribution in [2.45, 2.75) is 18.3 Å². The topological polar surface area (TPSA) is 165 Å². The van der Waals surface area contributed by atoms with Crippen LogP contribution in [0.5, 0.6) is 0 Å². The lowest BCUT2D eigenvalue weighted by atomic mass is 10.1. The summed E-state index contributed by atoms with van der Waals surface area (Å²) in [5.74, 6) is -1.23. The largest absolute Gasteiger partial charge is 0.470 e. The van der Waals surface area contributed by atoms with Crippen LogP contribution in [0.4, 0.5) is 0 Å². The molecule has 0 aromatic carbocycles. The van der Waals surface area contributed by atoms with Gasteiger partial charge in [-0.1, -0.05) is 0 Å². The van der Waals surface area contributed by atoms with Crippen LogP contribution in [0.1, 0.15) is 0 Å². The van der Waals surface area contributed by atoms with Gasteiger partial charge in [0.15, 0.2) is 5.78 Å². The molecule has 0 aliphatic carbocycles. The molecule has 96 valence electrons. The average Bonchev–Trinajstić information content (AvgIpc) is 2.21. The van der Waals surface area contributed by atoms with Crippen molar-refractivity contribution in [3.63, 3.8) is 0 Å². The van der Waals surface area contributed by atoms with Crippen LogP contribution in [-0.4, -0.2) is 67.5 Å². The summed E-state index contributed by atoms with van der Waals surface area (Å²) in [5.41, 5.74) is 0. The molecule has 16 heavy (non-hydrogen) atoms. The molecule has 0 saturated heterocycles. The maximum Gasteiger partial charge on any atom is 0.470 e. The van der Waals surface area contributed by atoms with Crippen molar-refractivity contribution in [1.29, 1.82) is 0 Å². The Hall–Kier alpha value is -0.380. The smallest absolute Gasteiger partial charge is 0.394 e. The van der Waals surface area contributed by atoms with Gasteiger partial charge in [0.2, 0.25) is 0 Å². The molecule has 0 spiro atoms. The van der Waals surface area contributed by atoms with Crippen LogP contribution in [0.3, 0.4) is 0 Å². The average molecular weight is 260 g/mol. The van der Waals surface area contributed by atoms with E-state index in [-0.39, 0.29) is 0 Å². The molecule has 0 aliphatic heterocycles. The minimum atomic E-state index is -4.85. The van der Waals surface area contributed by atoms with Crippen LogP contribution in [0.25, 0.3) is 0 Å². The zero-order valence-electron chi connectivity index (χ0n) is 8.00. The normalized spacial score (nSPS) is 17.9. The Morgan fingerprint density at radius 1 is 1.25 bits per heavy atom. The molecule has 0 aromatic heterocycles. The third kappa shape index (κ3) is 5.64. The first-order valence-electron chi connectivity index (χ1n) is 4.07. The van der Waals surface area contributed by atoms with Gasteiger partial charge in [0.05, 0.1) is 6.61 Å². The molecule has 0 unspecified atom stereocenters. The lowest BCUT2D eigenvalue weighted by Crippen LogP contribution is -2.45. The van der Waals surface area contributed by atoms with Crippen LogP contribution in [0.2, 0.25) is 0 Å². The number of rotatable bonds is 7. The molecule has 0 fully saturated rings. The number of hydrogen-bond acceptors (Lipinski definition) is 7. The number of hydrogen-bond donors (Lipinski definition) is 6. The Morgan fingerprint density at radius 2 is 1.75 bits per heavy atom. The third-order valence-electron chi connectivity index (χ3n) is 1.61. The standard InChI is InChI=1S/C6H13O9P/c7-1-3(8)5(10)6(11)4(9)2-15-16(12,13)14/h3,5-8,10-11H,1-2H2,(H2,12,13,14)/t3-,5-,6+/m0/s1. The Kier molecular flexibility index (Phi) is 6.23. The molecular formula is C6H13O9P. The lowest BCUT2D eigenvalue weighted by Gasteiger charge is -2.20. The van der Waals surface area contributed by atoms with Gasteiger partial charge in [-0.2, -0.15) is 0 Å². The van der Waals surface area contributed by atoms with E-state index in [1.165, 1.54) is 0 Å². The first-order valence-corrected chi connectivity index (χ1v) is 5.60. The Labute approximate surface area is 90.2 Å². The Bertz CT molecular complexity index is 273. The van der Waals surface area contributed by atoms with Crippen molar-refractivity contribution in [2.24, 2.45) is 0 Å². The zero-order valence-corrected chi connectivity index (χ0v) is 8.90. The van der Waals surface area contributed by atoms with Gasteiger partial charge < -0.3 is 30.2 Å². The molecule has 3 atom stereocenters. The summed E-state index contributed by atoms with van der Waals surface area (Å²) in [7, 11) is -4.85. The lowest BCUT2D eigenvalue weighted by molar-refractivity contribution is -0.142. The van der Waals surface area contributed by atoms with Crippen molar-refractivity contribution in [1.82, 2.24) is 0 Å². The molecule has 0 bridgehead atoms. The summed E-state index contributed by atoms with van der Waals surface area (Å²) in [4.78, 5) is 27.5. The quantitative estimate of drug-likeness (QED) is 0.258. The molecule has 0 radical (unpaired) electrons. The van der Waals surface area contributed by atoms with E-state index in [0.29, 0.717) is 0 Å². The van der Waals surface area contributed by atoms with E-state index in [9.17, 15) is 9.36 Å². The fourth-order valence-corrected chi connectivity index (χ4v) is 1.04. The van der Waals surface area contributed by atoms with Gasteiger partial charge in [-0.25, -0.2) is 4.57 Å². The van der Waals surface area contributed by atoms with Crippen LogP contribution in [0, 0.1) is 0 Å². The second-order valence-corrected chi connectivity index (χ2v) is 4.16. The number of phosphoric ester groups is 1. The number of carbonyl (C=O) groups is 1. The number of aliphatic hydroxyl groups excluding tert-OH is 4. The van der Waals surface area contributed by atoms with Gasteiger partial charge in [0.1, 0.15) is 24.9 Å². The second kappa shape index (κ2) is 6.38. The second-order valence-electron chi connectivity index (χ2n) is 2.92. The van der Waals surface area contributed by atoms with E-state index in [1.54, 1.807) is 0 Å². The Morgan fingerprint density at radius 3 is 2.12 bits per heavy atom. The highest BCUT2D eigenvalue weighted by Gasteiger charge is 2.31. The molecule has 9 nitrogen and oxygen atoms in total. The van der Waals surface area contributed by atoms with E-state index in [0.717, 1.165) is 0 Å². The minimum absolute atomic E-state index is 0.884. The third-order valence-corrected chi connectivity index (χ3v) is 2.08. The highest BCUT2D eigenvalue weighted by atomic mass is 31.2. The van der Waals surface area contributed by atoms with Gasteiger partial charge >= 0.3 is 7.82 Å². The fraction of sp³-hybridized carbons (Fsp3) is 0.833. The molecule has 0 heterocycles. The summed E-state index contributed by atoms with van der Waals surface area (Å²) in [6.07, 6.45) is -5.81. The number of carbonyl (C=O) groups excluding carboxylic acids is 1. The summed E-state index contributed by atoms with van der Waals surface area (Å²) in [6.45, 7) is -2.01. The predicted molar refractivity (Wildman–Crippen MR) is 48.1 cm³/mol. The minimum Gasteiger partial charge on any atom is -0.394 e. The number of phosphoric acid groups is 1. The van der Waals surface area contributed by atoms with E-state index in [4.69, 9.17) is 30.2 Å². The SMILES string of the molecule is O=C(COP(=O)(O)O)[C@@H](O)[C@@H](O)[C@@H](O)CO. The predicted octanol–water partition coefficient (Wildman–Crippen LogP) is -3.26. The van der Waals surface area contributed by atoms with Crippen molar-refractivity contribution in [2.75, 3.05) is 13.2 Å². The maximum absolute atomic E-state index is 11.0. The summed E-state index contributed by atoms with van der Waals surface area (Å²) >= 11 is 0. The van der Waals surface area contributed by atoms with Gasteiger partial charge in [-0.05, 0) is 0 Å². The van der Waals surface area contributed by atoms with Gasteiger partial charge in [-0.3, -0.25) is 9.32 Å². The van der Waals surface area contributed by atoms with Crippen LogP contribution < -0.4 is 0 Å². The molecule has 0 saturated carbocycles. The van der Waals surface area contributed by atoms with Crippen LogP contribution in [0.15, 0.2) is 0 Å². The molecule has 0 rings (SSSR count). The van der Waals surface area contributed by atoms with Gasteiger partial charge in [0, 0.05) is 0 Å². The van der Waals surface area contributed by atoms with Crippen molar-refractivity contribution in [3.8, 4) is 0 Å². The van der Waals surface area contributed by atoms with E-state index in [1.807, 2.05) is 0 Å². The number of aliphatic hydroxyl groups is 4. The van der Waals surface area contributed by atoms with E-state index >= 15 is 0 Å². The molecule has 6 N–H and O–H groups in total. The highest BCUT2D eigenvalue weighted by Crippen LogP contribution is 2.35. The molecule has 0 amide bonds. The Balaban J connectivity index is 4.23. The number of ketones is 1. The van der Waals surface area contributed by atoms with E-state index in [2.05, 4.69) is 4.52 Å². The first-order chi connectivity index (χ1) is 7.19. The van der Waals surface area contributed by atoms with Gasteiger partial charge in [-0.15, -0.1) is 0 Å². The summed E-state index contributed by atoms with van der Waals surface area (Å²) < 4.78 is 14.0. The van der Waals surface area contributed by atoms with Crippen molar-refractivity contribution < 1.29 is 44.1 Å². The van der Waals surface area contributed by atoms with Gasteiger partial charge in [0.25, 0.3) is 0 Å². The monoisotopic (exact) mass is 260 g/mol. The fourth-order valence-electron chi connectivity index (χ4n) is 0.742. The molecule has 10 heteroatoms. The summed E-state index contributed by atoms with van der Waals surface area (Å²) in [6, 6.07) is 0. The van der Waals surface area contributed by atoms with Crippen molar-refractivity contribution in [3.05, 3.63) is 0 Å². The molecule has 0 aromatic rings. The van der Waals surface area contributed by atoms with Crippen LogP contribution >= 0.6 is 7.82 Å². The maximum atomic E-state index is 11.0. The molecule has 0 aliphatic rings. The number of Topliss-reactive ketones (excluding diaryl/α,β-unsaturated/α-hetero) is 1. The molecular weight excluding hydrogens is 247 g/mol. The van der Waals surface area contributed by atoms with Crippen molar-refractivity contribution >= 4 is 13.6 Å².